The SMILES string of the molecule is NS(=O)(=O)c1cccc(-c2nc(N3CC[C@@H]3CO)nc3c2CCC3)c1. The zero-order valence-electron chi connectivity index (χ0n) is 13.7. The Morgan fingerprint density at radius 1 is 1.28 bits per heavy atom. The number of anilines is 1. The molecule has 0 bridgehead atoms. The van der Waals surface area contributed by atoms with Crippen LogP contribution < -0.4 is 10.0 Å². The van der Waals surface area contributed by atoms with Gasteiger partial charge in [-0.2, -0.15) is 0 Å². The molecule has 0 radical (unpaired) electrons. The van der Waals surface area contributed by atoms with Gasteiger partial charge in [0.2, 0.25) is 16.0 Å². The minimum Gasteiger partial charge on any atom is -0.394 e. The van der Waals surface area contributed by atoms with Crippen LogP contribution in [-0.2, 0) is 22.9 Å². The lowest BCUT2D eigenvalue weighted by Crippen LogP contribution is -2.51. The second kappa shape index (κ2) is 6.05. The maximum absolute atomic E-state index is 11.7. The second-order valence-electron chi connectivity index (χ2n) is 6.54. The van der Waals surface area contributed by atoms with Gasteiger partial charge in [0, 0.05) is 23.4 Å². The van der Waals surface area contributed by atoms with Crippen LogP contribution in [0.1, 0.15) is 24.1 Å². The molecule has 1 aromatic heterocycles. The van der Waals surface area contributed by atoms with Crippen LogP contribution in [0.5, 0.6) is 0 Å². The number of primary sulfonamides is 1. The van der Waals surface area contributed by atoms with E-state index in [1.54, 1.807) is 12.1 Å². The van der Waals surface area contributed by atoms with Gasteiger partial charge in [0.25, 0.3) is 0 Å². The fraction of sp³-hybridized carbons (Fsp3) is 0.412. The molecule has 2 aliphatic rings. The number of aliphatic hydroxyl groups is 1. The van der Waals surface area contributed by atoms with Gasteiger partial charge in [0.15, 0.2) is 0 Å². The Morgan fingerprint density at radius 2 is 2.12 bits per heavy atom. The summed E-state index contributed by atoms with van der Waals surface area (Å²) in [6, 6.07) is 6.64. The van der Waals surface area contributed by atoms with Crippen LogP contribution >= 0.6 is 0 Å². The summed E-state index contributed by atoms with van der Waals surface area (Å²) < 4.78 is 23.3. The molecule has 0 spiro atoms. The number of nitrogens with two attached hydrogens (primary N) is 1. The molecule has 1 aromatic carbocycles. The molecule has 4 rings (SSSR count). The van der Waals surface area contributed by atoms with E-state index >= 15 is 0 Å². The second-order valence-corrected chi connectivity index (χ2v) is 8.10. The fourth-order valence-electron chi connectivity index (χ4n) is 3.50. The van der Waals surface area contributed by atoms with Gasteiger partial charge in [-0.05, 0) is 37.8 Å². The van der Waals surface area contributed by atoms with Crippen LogP contribution in [0.4, 0.5) is 5.95 Å². The zero-order valence-corrected chi connectivity index (χ0v) is 14.5. The van der Waals surface area contributed by atoms with Crippen LogP contribution in [0.3, 0.4) is 0 Å². The number of aromatic nitrogens is 2. The van der Waals surface area contributed by atoms with Crippen molar-refractivity contribution in [2.24, 2.45) is 5.14 Å². The fourth-order valence-corrected chi connectivity index (χ4v) is 4.06. The summed E-state index contributed by atoms with van der Waals surface area (Å²) in [6.45, 7) is 0.900. The first kappa shape index (κ1) is 16.4. The van der Waals surface area contributed by atoms with Crippen LogP contribution in [0, 0.1) is 0 Å². The Kier molecular flexibility index (Phi) is 3.98. The number of aryl methyl sites for hydroxylation is 1. The molecule has 0 amide bonds. The summed E-state index contributed by atoms with van der Waals surface area (Å²) in [5, 5.41) is 14.7. The van der Waals surface area contributed by atoms with E-state index in [-0.39, 0.29) is 17.5 Å². The molecule has 3 N–H and O–H groups in total. The molecule has 0 saturated carbocycles. The number of rotatable bonds is 4. The van der Waals surface area contributed by atoms with Gasteiger partial charge in [-0.25, -0.2) is 23.5 Å². The lowest BCUT2D eigenvalue weighted by molar-refractivity contribution is 0.224. The summed E-state index contributed by atoms with van der Waals surface area (Å²) in [6.07, 6.45) is 3.71. The molecule has 1 aliphatic carbocycles. The van der Waals surface area contributed by atoms with Crippen molar-refractivity contribution in [2.45, 2.75) is 36.6 Å². The van der Waals surface area contributed by atoms with Gasteiger partial charge in [0.05, 0.1) is 23.2 Å². The quantitative estimate of drug-likeness (QED) is 0.837. The van der Waals surface area contributed by atoms with E-state index in [0.717, 1.165) is 54.7 Å². The van der Waals surface area contributed by atoms with Crippen LogP contribution in [0.25, 0.3) is 11.3 Å². The van der Waals surface area contributed by atoms with E-state index in [4.69, 9.17) is 15.1 Å². The molecule has 1 atom stereocenters. The Labute approximate surface area is 146 Å². The highest BCUT2D eigenvalue weighted by molar-refractivity contribution is 7.89. The first-order valence-electron chi connectivity index (χ1n) is 8.38. The topological polar surface area (TPSA) is 109 Å². The predicted molar refractivity (Wildman–Crippen MR) is 93.7 cm³/mol. The van der Waals surface area contributed by atoms with Crippen molar-refractivity contribution in [3.63, 3.8) is 0 Å². The summed E-state index contributed by atoms with van der Waals surface area (Å²) in [5.74, 6) is 0.613. The molecular formula is C17H20N4O3S. The molecule has 0 unspecified atom stereocenters. The van der Waals surface area contributed by atoms with E-state index in [0.29, 0.717) is 5.95 Å². The molecule has 1 aliphatic heterocycles. The van der Waals surface area contributed by atoms with Crippen molar-refractivity contribution in [3.8, 4) is 11.3 Å². The number of sulfonamides is 1. The van der Waals surface area contributed by atoms with E-state index in [1.807, 2.05) is 11.0 Å². The molecule has 1 saturated heterocycles. The van der Waals surface area contributed by atoms with Crippen LogP contribution in [0.2, 0.25) is 0 Å². The monoisotopic (exact) mass is 360 g/mol. The largest absolute Gasteiger partial charge is 0.394 e. The van der Waals surface area contributed by atoms with E-state index < -0.39 is 10.0 Å². The van der Waals surface area contributed by atoms with E-state index in [9.17, 15) is 13.5 Å². The van der Waals surface area contributed by atoms with Gasteiger partial charge >= 0.3 is 0 Å². The molecule has 25 heavy (non-hydrogen) atoms. The van der Waals surface area contributed by atoms with Crippen molar-refractivity contribution < 1.29 is 13.5 Å². The van der Waals surface area contributed by atoms with Gasteiger partial charge in [0.1, 0.15) is 0 Å². The predicted octanol–water partition coefficient (Wildman–Crippen LogP) is 0.851. The lowest BCUT2D eigenvalue weighted by Gasteiger charge is -2.40. The van der Waals surface area contributed by atoms with Gasteiger partial charge in [-0.3, -0.25) is 0 Å². The highest BCUT2D eigenvalue weighted by atomic mass is 32.2. The number of hydrogen-bond acceptors (Lipinski definition) is 6. The molecule has 7 nitrogen and oxygen atoms in total. The summed E-state index contributed by atoms with van der Waals surface area (Å²) in [5.41, 5.74) is 3.60. The summed E-state index contributed by atoms with van der Waals surface area (Å²) >= 11 is 0. The molecule has 2 heterocycles. The highest BCUT2D eigenvalue weighted by Crippen LogP contribution is 2.34. The molecule has 1 fully saturated rings. The summed E-state index contributed by atoms with van der Waals surface area (Å²) in [4.78, 5) is 11.5. The Bertz CT molecular complexity index is 927. The minimum atomic E-state index is -3.77. The number of nitrogens with zero attached hydrogens (tertiary/aromatic N) is 3. The van der Waals surface area contributed by atoms with Crippen molar-refractivity contribution in [1.82, 2.24) is 9.97 Å². The Balaban J connectivity index is 1.83. The molecule has 2 aromatic rings. The van der Waals surface area contributed by atoms with Crippen molar-refractivity contribution in [2.75, 3.05) is 18.1 Å². The van der Waals surface area contributed by atoms with E-state index in [2.05, 4.69) is 0 Å². The Hall–Kier alpha value is -2.03. The molecule has 8 heteroatoms. The van der Waals surface area contributed by atoms with Gasteiger partial charge < -0.3 is 10.0 Å². The van der Waals surface area contributed by atoms with Crippen molar-refractivity contribution >= 4 is 16.0 Å². The van der Waals surface area contributed by atoms with Crippen molar-refractivity contribution in [1.29, 1.82) is 0 Å². The maximum Gasteiger partial charge on any atom is 0.238 e. The third-order valence-corrected chi connectivity index (χ3v) is 5.88. The lowest BCUT2D eigenvalue weighted by atomic mass is 10.0. The number of benzene rings is 1. The average molecular weight is 360 g/mol. The first-order chi connectivity index (χ1) is 12.0. The average Bonchev–Trinajstić information content (AvgIpc) is 3.01. The van der Waals surface area contributed by atoms with Gasteiger partial charge in [-0.15, -0.1) is 0 Å². The third-order valence-electron chi connectivity index (χ3n) is 4.97. The maximum atomic E-state index is 11.7. The zero-order chi connectivity index (χ0) is 17.6. The summed E-state index contributed by atoms with van der Waals surface area (Å²) in [7, 11) is -3.77. The highest BCUT2D eigenvalue weighted by Gasteiger charge is 2.31. The van der Waals surface area contributed by atoms with Crippen LogP contribution in [-0.4, -0.2) is 42.7 Å². The first-order valence-corrected chi connectivity index (χ1v) is 9.92. The number of aliphatic hydroxyl groups excluding tert-OH is 1. The van der Waals surface area contributed by atoms with E-state index in [1.165, 1.54) is 6.07 Å². The van der Waals surface area contributed by atoms with Gasteiger partial charge in [-0.1, -0.05) is 12.1 Å². The third kappa shape index (κ3) is 2.90. The standard InChI is InChI=1S/C17H20N4O3S/c18-25(23,24)13-4-1-3-11(9-13)16-14-5-2-6-15(14)19-17(20-16)21-8-7-12(21)10-22/h1,3-4,9,12,22H,2,5-8,10H2,(H2,18,23,24)/t12-/m1/s1. The smallest absolute Gasteiger partial charge is 0.238 e. The Morgan fingerprint density at radius 3 is 2.80 bits per heavy atom. The van der Waals surface area contributed by atoms with Crippen LogP contribution in [0.15, 0.2) is 29.2 Å². The normalized spacial score (nSPS) is 19.6. The minimum absolute atomic E-state index is 0.0584. The van der Waals surface area contributed by atoms with Crippen molar-refractivity contribution in [3.05, 3.63) is 35.5 Å². The molecular weight excluding hydrogens is 340 g/mol. The number of hydrogen-bond donors (Lipinski definition) is 2. The molecule has 132 valence electrons. The number of fused-ring (bicyclic) bond motifs is 1.